The molecule has 6 heteroatoms. The first kappa shape index (κ1) is 14.1. The molecular formula is C11H19N3O2S. The first-order valence-electron chi connectivity index (χ1n) is 5.64. The number of thioether (sulfide) groups is 1. The molecule has 1 rings (SSSR count). The molecule has 0 spiro atoms. The van der Waals surface area contributed by atoms with Crippen molar-refractivity contribution >= 4 is 17.7 Å². The lowest BCUT2D eigenvalue weighted by Gasteiger charge is -2.08. The van der Waals surface area contributed by atoms with Gasteiger partial charge in [0.25, 0.3) is 0 Å². The topological polar surface area (TPSA) is 81.1 Å². The zero-order chi connectivity index (χ0) is 12.8. The average Bonchev–Trinajstić information content (AvgIpc) is 2.76. The van der Waals surface area contributed by atoms with Crippen LogP contribution in [0, 0.1) is 0 Å². The average molecular weight is 257 g/mol. The maximum atomic E-state index is 10.5. The predicted molar refractivity (Wildman–Crippen MR) is 69.0 cm³/mol. The number of hydrogen-bond donors (Lipinski definition) is 2. The van der Waals surface area contributed by atoms with Gasteiger partial charge in [-0.1, -0.05) is 6.92 Å². The normalized spacial score (nSPS) is 14.5. The van der Waals surface area contributed by atoms with Crippen LogP contribution in [0.3, 0.4) is 0 Å². The van der Waals surface area contributed by atoms with Gasteiger partial charge in [0.2, 0.25) is 0 Å². The van der Waals surface area contributed by atoms with E-state index in [4.69, 9.17) is 10.8 Å². The third-order valence-electron chi connectivity index (χ3n) is 2.57. The number of carbonyl (C=O) groups is 1. The molecule has 0 aliphatic rings. The first-order valence-corrected chi connectivity index (χ1v) is 6.80. The fourth-order valence-corrected chi connectivity index (χ4v) is 2.13. The van der Waals surface area contributed by atoms with Gasteiger partial charge in [0.1, 0.15) is 6.04 Å². The molecule has 0 aromatic carbocycles. The number of nitrogens with two attached hydrogens (primary N) is 1. The van der Waals surface area contributed by atoms with Crippen LogP contribution in [0.5, 0.6) is 0 Å². The quantitative estimate of drug-likeness (QED) is 0.773. The van der Waals surface area contributed by atoms with Crippen LogP contribution in [0.2, 0.25) is 0 Å². The Labute approximate surface area is 105 Å². The second kappa shape index (κ2) is 6.66. The number of carboxylic acids is 1. The highest BCUT2D eigenvalue weighted by molar-refractivity contribution is 7.98. The van der Waals surface area contributed by atoms with Gasteiger partial charge in [-0.2, -0.15) is 16.9 Å². The summed E-state index contributed by atoms with van der Waals surface area (Å²) in [7, 11) is 0. The highest BCUT2D eigenvalue weighted by Crippen LogP contribution is 2.14. The van der Waals surface area contributed by atoms with Gasteiger partial charge in [-0.3, -0.25) is 9.48 Å². The Balaban J connectivity index is 2.37. The van der Waals surface area contributed by atoms with Crippen LogP contribution in [0.1, 0.15) is 32.0 Å². The van der Waals surface area contributed by atoms with Crippen LogP contribution < -0.4 is 5.73 Å². The third-order valence-corrected chi connectivity index (χ3v) is 3.67. The molecule has 0 amide bonds. The minimum absolute atomic E-state index is 0.398. The van der Waals surface area contributed by atoms with E-state index in [1.54, 1.807) is 0 Å². The summed E-state index contributed by atoms with van der Waals surface area (Å²) in [6.45, 7) is 4.23. The number of aromatic nitrogens is 2. The number of carboxylic acid groups (broad SMARTS) is 1. The van der Waals surface area contributed by atoms with Crippen molar-refractivity contribution in [3.8, 4) is 0 Å². The second-order valence-electron chi connectivity index (χ2n) is 4.00. The van der Waals surface area contributed by atoms with Gasteiger partial charge in [-0.25, -0.2) is 0 Å². The van der Waals surface area contributed by atoms with Gasteiger partial charge in [0.15, 0.2) is 0 Å². The zero-order valence-corrected chi connectivity index (χ0v) is 11.0. The van der Waals surface area contributed by atoms with Crippen LogP contribution in [0.4, 0.5) is 0 Å². The Morgan fingerprint density at radius 3 is 3.00 bits per heavy atom. The Morgan fingerprint density at radius 2 is 2.41 bits per heavy atom. The maximum Gasteiger partial charge on any atom is 0.321 e. The van der Waals surface area contributed by atoms with Crippen LogP contribution in [-0.2, 0) is 10.5 Å². The monoisotopic (exact) mass is 257 g/mol. The fraction of sp³-hybridized carbons (Fsp3) is 0.636. The lowest BCUT2D eigenvalue weighted by molar-refractivity contribution is -0.137. The summed E-state index contributed by atoms with van der Waals surface area (Å²) in [5.41, 5.74) is 6.38. The molecule has 5 nitrogen and oxygen atoms in total. The fourth-order valence-electron chi connectivity index (χ4n) is 1.25. The third kappa shape index (κ3) is 4.40. The summed E-state index contributed by atoms with van der Waals surface area (Å²) in [5.74, 6) is 0.151. The van der Waals surface area contributed by atoms with Crippen molar-refractivity contribution in [3.63, 3.8) is 0 Å². The van der Waals surface area contributed by atoms with Gasteiger partial charge < -0.3 is 10.8 Å². The van der Waals surface area contributed by atoms with E-state index in [9.17, 15) is 4.79 Å². The molecule has 0 bridgehead atoms. The lowest BCUT2D eigenvalue weighted by atomic mass is 10.3. The van der Waals surface area contributed by atoms with E-state index in [0.29, 0.717) is 17.5 Å². The molecule has 1 unspecified atom stereocenters. The molecule has 0 radical (unpaired) electrons. The highest BCUT2D eigenvalue weighted by atomic mass is 32.2. The minimum Gasteiger partial charge on any atom is -0.480 e. The Kier molecular flexibility index (Phi) is 5.50. The van der Waals surface area contributed by atoms with Crippen molar-refractivity contribution in [2.45, 2.75) is 38.1 Å². The van der Waals surface area contributed by atoms with Crippen molar-refractivity contribution < 1.29 is 9.90 Å². The van der Waals surface area contributed by atoms with Crippen molar-refractivity contribution in [1.82, 2.24) is 9.78 Å². The Bertz CT molecular complexity index is 367. The van der Waals surface area contributed by atoms with Gasteiger partial charge in [0.05, 0.1) is 5.69 Å². The molecule has 17 heavy (non-hydrogen) atoms. The molecular weight excluding hydrogens is 238 g/mol. The molecule has 1 aromatic heterocycles. The standard InChI is InChI=1S/C11H19N3O2S/c1-3-8(2)14-5-4-9(13-14)6-17-7-10(12)11(15)16/h4-5,8,10H,3,6-7,12H2,1-2H3,(H,15,16)/t8?,10-/m0/s1. The molecule has 96 valence electrons. The lowest BCUT2D eigenvalue weighted by Crippen LogP contribution is -2.32. The number of aliphatic carboxylic acids is 1. The summed E-state index contributed by atoms with van der Waals surface area (Å²) in [6, 6.07) is 1.57. The second-order valence-corrected chi connectivity index (χ2v) is 5.03. The molecule has 0 aliphatic carbocycles. The molecule has 2 atom stereocenters. The first-order chi connectivity index (χ1) is 8.04. The summed E-state index contributed by atoms with van der Waals surface area (Å²) in [5, 5.41) is 13.1. The van der Waals surface area contributed by atoms with Gasteiger partial charge in [0, 0.05) is 23.7 Å². The summed E-state index contributed by atoms with van der Waals surface area (Å²) >= 11 is 1.49. The van der Waals surface area contributed by atoms with E-state index in [0.717, 1.165) is 12.1 Å². The molecule has 0 saturated heterocycles. The smallest absolute Gasteiger partial charge is 0.321 e. The number of hydrogen-bond acceptors (Lipinski definition) is 4. The Hall–Kier alpha value is -1.01. The summed E-state index contributed by atoms with van der Waals surface area (Å²) in [4.78, 5) is 10.5. The predicted octanol–water partition coefficient (Wildman–Crippen LogP) is 1.50. The maximum absolute atomic E-state index is 10.5. The van der Waals surface area contributed by atoms with E-state index in [1.165, 1.54) is 11.8 Å². The number of rotatable bonds is 7. The SMILES string of the molecule is CCC(C)n1ccc(CSC[C@H](N)C(=O)O)n1. The molecule has 0 aliphatic heterocycles. The van der Waals surface area contributed by atoms with Crippen molar-refractivity contribution in [3.05, 3.63) is 18.0 Å². The summed E-state index contributed by atoms with van der Waals surface area (Å²) in [6.07, 6.45) is 3.00. The van der Waals surface area contributed by atoms with Gasteiger partial charge >= 0.3 is 5.97 Å². The van der Waals surface area contributed by atoms with Crippen LogP contribution in [0.25, 0.3) is 0 Å². The molecule has 3 N–H and O–H groups in total. The van der Waals surface area contributed by atoms with Crippen molar-refractivity contribution in [1.29, 1.82) is 0 Å². The van der Waals surface area contributed by atoms with E-state index in [2.05, 4.69) is 18.9 Å². The van der Waals surface area contributed by atoms with Crippen LogP contribution in [0.15, 0.2) is 12.3 Å². The van der Waals surface area contributed by atoms with E-state index < -0.39 is 12.0 Å². The molecule has 1 heterocycles. The molecule has 0 saturated carbocycles. The zero-order valence-electron chi connectivity index (χ0n) is 10.2. The van der Waals surface area contributed by atoms with Gasteiger partial charge in [-0.05, 0) is 19.4 Å². The van der Waals surface area contributed by atoms with E-state index in [1.807, 2.05) is 16.9 Å². The molecule has 0 fully saturated rings. The van der Waals surface area contributed by atoms with E-state index in [-0.39, 0.29) is 0 Å². The Morgan fingerprint density at radius 1 is 1.71 bits per heavy atom. The number of nitrogens with zero attached hydrogens (tertiary/aromatic N) is 2. The molecule has 1 aromatic rings. The van der Waals surface area contributed by atoms with Crippen LogP contribution >= 0.6 is 11.8 Å². The van der Waals surface area contributed by atoms with Crippen LogP contribution in [-0.4, -0.2) is 32.7 Å². The van der Waals surface area contributed by atoms with E-state index >= 15 is 0 Å². The summed E-state index contributed by atoms with van der Waals surface area (Å²) < 4.78 is 1.94. The largest absolute Gasteiger partial charge is 0.480 e. The highest BCUT2D eigenvalue weighted by Gasteiger charge is 2.11. The minimum atomic E-state index is -0.956. The van der Waals surface area contributed by atoms with Crippen molar-refractivity contribution in [2.24, 2.45) is 5.73 Å². The van der Waals surface area contributed by atoms with Crippen molar-refractivity contribution in [2.75, 3.05) is 5.75 Å². The van der Waals surface area contributed by atoms with Gasteiger partial charge in [-0.15, -0.1) is 0 Å².